The van der Waals surface area contributed by atoms with Gasteiger partial charge in [0.2, 0.25) is 0 Å². The molecule has 7 heteroatoms. The van der Waals surface area contributed by atoms with Gasteiger partial charge in [-0.15, -0.1) is 35.3 Å². The largest absolute Gasteiger partial charge is 0.356 e. The second-order valence-corrected chi connectivity index (χ2v) is 4.62. The van der Waals surface area contributed by atoms with Crippen molar-refractivity contribution in [3.05, 3.63) is 22.4 Å². The van der Waals surface area contributed by atoms with Crippen molar-refractivity contribution >= 4 is 41.3 Å². The summed E-state index contributed by atoms with van der Waals surface area (Å²) in [5, 5.41) is 7.61. The van der Waals surface area contributed by atoms with Crippen LogP contribution in [0.3, 0.4) is 0 Å². The third-order valence-corrected chi connectivity index (χ3v) is 3.36. The standard InChI is InChI=1S/C11H17F2N3S.HI/c1-8(9-4-3-5-17-9)6-15-11(14-2)16-7-10(12)13;/h3-5,8,10H,6-7H2,1-2H3,(H2,14,15,16);1H. The summed E-state index contributed by atoms with van der Waals surface area (Å²) in [4.78, 5) is 5.14. The summed E-state index contributed by atoms with van der Waals surface area (Å²) in [6.45, 7) is 2.37. The van der Waals surface area contributed by atoms with E-state index in [1.54, 1.807) is 18.4 Å². The zero-order chi connectivity index (χ0) is 12.7. The molecule has 1 rings (SSSR count). The van der Waals surface area contributed by atoms with E-state index in [-0.39, 0.29) is 30.5 Å². The normalized spacial score (nSPS) is 13.1. The van der Waals surface area contributed by atoms with Crippen LogP contribution in [0.2, 0.25) is 0 Å². The van der Waals surface area contributed by atoms with Crippen LogP contribution in [0.1, 0.15) is 17.7 Å². The minimum Gasteiger partial charge on any atom is -0.356 e. The lowest BCUT2D eigenvalue weighted by Crippen LogP contribution is -2.41. The Morgan fingerprint density at radius 2 is 2.06 bits per heavy atom. The molecule has 0 aliphatic heterocycles. The van der Waals surface area contributed by atoms with E-state index in [9.17, 15) is 8.78 Å². The van der Waals surface area contributed by atoms with Crippen LogP contribution in [-0.2, 0) is 0 Å². The molecule has 0 aromatic carbocycles. The Morgan fingerprint density at radius 3 is 2.56 bits per heavy atom. The molecule has 2 N–H and O–H groups in total. The number of rotatable bonds is 5. The molecule has 0 saturated heterocycles. The van der Waals surface area contributed by atoms with Crippen molar-refractivity contribution < 1.29 is 8.78 Å². The van der Waals surface area contributed by atoms with Crippen molar-refractivity contribution in [2.75, 3.05) is 20.1 Å². The van der Waals surface area contributed by atoms with Crippen LogP contribution in [0, 0.1) is 0 Å². The lowest BCUT2D eigenvalue weighted by molar-refractivity contribution is 0.152. The summed E-state index contributed by atoms with van der Waals surface area (Å²) >= 11 is 1.69. The van der Waals surface area contributed by atoms with Gasteiger partial charge in [0.05, 0.1) is 6.54 Å². The van der Waals surface area contributed by atoms with Gasteiger partial charge in [-0.3, -0.25) is 4.99 Å². The highest BCUT2D eigenvalue weighted by molar-refractivity contribution is 14.0. The number of aliphatic imine (C=N–C) groups is 1. The Bertz CT molecular complexity index is 344. The van der Waals surface area contributed by atoms with Crippen LogP contribution < -0.4 is 10.6 Å². The third kappa shape index (κ3) is 6.48. The zero-order valence-corrected chi connectivity index (χ0v) is 13.5. The number of nitrogens with one attached hydrogen (secondary N) is 2. The summed E-state index contributed by atoms with van der Waals surface area (Å²) in [6.07, 6.45) is -2.37. The quantitative estimate of drug-likeness (QED) is 0.462. The first kappa shape index (κ1) is 17.6. The van der Waals surface area contributed by atoms with Gasteiger partial charge < -0.3 is 10.6 Å². The highest BCUT2D eigenvalue weighted by Crippen LogP contribution is 2.19. The van der Waals surface area contributed by atoms with Crippen molar-refractivity contribution in [1.82, 2.24) is 10.6 Å². The Morgan fingerprint density at radius 1 is 1.39 bits per heavy atom. The van der Waals surface area contributed by atoms with E-state index in [1.165, 1.54) is 4.88 Å². The van der Waals surface area contributed by atoms with Crippen LogP contribution in [0.25, 0.3) is 0 Å². The lowest BCUT2D eigenvalue weighted by Gasteiger charge is -2.14. The fourth-order valence-corrected chi connectivity index (χ4v) is 2.10. The van der Waals surface area contributed by atoms with Gasteiger partial charge in [0.15, 0.2) is 5.96 Å². The van der Waals surface area contributed by atoms with E-state index in [0.717, 1.165) is 0 Å². The zero-order valence-electron chi connectivity index (χ0n) is 10.3. The molecule has 0 bridgehead atoms. The highest BCUT2D eigenvalue weighted by atomic mass is 127. The molecular formula is C11H18F2IN3S. The molecule has 0 spiro atoms. The predicted octanol–water partition coefficient (Wildman–Crippen LogP) is 2.90. The summed E-state index contributed by atoms with van der Waals surface area (Å²) in [6, 6.07) is 4.06. The molecule has 1 unspecified atom stereocenters. The van der Waals surface area contributed by atoms with Crippen LogP contribution in [0.15, 0.2) is 22.5 Å². The SMILES string of the molecule is CN=C(NCC(F)F)NCC(C)c1cccs1.I. The Labute approximate surface area is 127 Å². The van der Waals surface area contributed by atoms with Gasteiger partial charge in [-0.2, -0.15) is 0 Å². The van der Waals surface area contributed by atoms with Gasteiger partial charge in [-0.05, 0) is 11.4 Å². The second kappa shape index (κ2) is 9.48. The van der Waals surface area contributed by atoms with E-state index in [0.29, 0.717) is 18.4 Å². The van der Waals surface area contributed by atoms with Crippen molar-refractivity contribution in [3.8, 4) is 0 Å². The second-order valence-electron chi connectivity index (χ2n) is 3.64. The average Bonchev–Trinajstić information content (AvgIpc) is 2.82. The molecule has 0 aliphatic carbocycles. The van der Waals surface area contributed by atoms with Gasteiger partial charge in [-0.25, -0.2) is 8.78 Å². The molecule has 18 heavy (non-hydrogen) atoms. The van der Waals surface area contributed by atoms with Crippen LogP contribution in [0.4, 0.5) is 8.78 Å². The molecule has 0 saturated carbocycles. The van der Waals surface area contributed by atoms with E-state index < -0.39 is 6.43 Å². The first-order valence-electron chi connectivity index (χ1n) is 5.39. The molecule has 1 aromatic heterocycles. The molecular weight excluding hydrogens is 371 g/mol. The monoisotopic (exact) mass is 389 g/mol. The number of hydrogen-bond donors (Lipinski definition) is 2. The topological polar surface area (TPSA) is 36.4 Å². The highest BCUT2D eigenvalue weighted by Gasteiger charge is 2.08. The molecule has 0 amide bonds. The predicted molar refractivity (Wildman–Crippen MR) is 83.5 cm³/mol. The number of alkyl halides is 2. The number of guanidine groups is 1. The van der Waals surface area contributed by atoms with Gasteiger partial charge in [0.25, 0.3) is 6.43 Å². The summed E-state index contributed by atoms with van der Waals surface area (Å²) in [7, 11) is 1.57. The van der Waals surface area contributed by atoms with E-state index in [4.69, 9.17) is 0 Å². The molecule has 0 aliphatic rings. The molecule has 3 nitrogen and oxygen atoms in total. The average molecular weight is 389 g/mol. The lowest BCUT2D eigenvalue weighted by atomic mass is 10.1. The van der Waals surface area contributed by atoms with Crippen molar-refractivity contribution in [2.45, 2.75) is 19.3 Å². The van der Waals surface area contributed by atoms with Gasteiger partial charge in [0, 0.05) is 24.4 Å². The molecule has 0 radical (unpaired) electrons. The van der Waals surface area contributed by atoms with Crippen molar-refractivity contribution in [2.24, 2.45) is 4.99 Å². The molecule has 1 heterocycles. The summed E-state index contributed by atoms with van der Waals surface area (Å²) in [5.74, 6) is 0.744. The van der Waals surface area contributed by atoms with Crippen LogP contribution >= 0.6 is 35.3 Å². The van der Waals surface area contributed by atoms with E-state index in [1.807, 2.05) is 11.4 Å². The Hall–Kier alpha value is -0.440. The third-order valence-electron chi connectivity index (χ3n) is 2.25. The maximum absolute atomic E-state index is 12.0. The first-order chi connectivity index (χ1) is 8.13. The van der Waals surface area contributed by atoms with Crippen LogP contribution in [0.5, 0.6) is 0 Å². The van der Waals surface area contributed by atoms with Gasteiger partial charge in [0.1, 0.15) is 0 Å². The number of nitrogens with zero attached hydrogens (tertiary/aromatic N) is 1. The summed E-state index contributed by atoms with van der Waals surface area (Å²) in [5.41, 5.74) is 0. The first-order valence-corrected chi connectivity index (χ1v) is 6.27. The van der Waals surface area contributed by atoms with Crippen LogP contribution in [-0.4, -0.2) is 32.5 Å². The van der Waals surface area contributed by atoms with Gasteiger partial charge in [-0.1, -0.05) is 13.0 Å². The maximum atomic E-state index is 12.0. The summed E-state index contributed by atoms with van der Waals surface area (Å²) < 4.78 is 24.0. The molecule has 0 fully saturated rings. The maximum Gasteiger partial charge on any atom is 0.255 e. The van der Waals surface area contributed by atoms with E-state index >= 15 is 0 Å². The number of hydrogen-bond acceptors (Lipinski definition) is 2. The molecule has 1 atom stereocenters. The van der Waals surface area contributed by atoms with E-state index in [2.05, 4.69) is 28.6 Å². The Kier molecular flexibility index (Phi) is 9.25. The molecule has 1 aromatic rings. The smallest absolute Gasteiger partial charge is 0.255 e. The fourth-order valence-electron chi connectivity index (χ4n) is 1.32. The molecule has 104 valence electrons. The minimum atomic E-state index is -2.37. The number of thiophene rings is 1. The van der Waals surface area contributed by atoms with Gasteiger partial charge >= 0.3 is 0 Å². The van der Waals surface area contributed by atoms with Crippen molar-refractivity contribution in [1.29, 1.82) is 0 Å². The number of halogens is 3. The Balaban J connectivity index is 0.00000289. The fraction of sp³-hybridized carbons (Fsp3) is 0.545. The minimum absolute atomic E-state index is 0. The van der Waals surface area contributed by atoms with Crippen molar-refractivity contribution in [3.63, 3.8) is 0 Å².